The van der Waals surface area contributed by atoms with Crippen LogP contribution in [0.2, 0.25) is 0 Å². The van der Waals surface area contributed by atoms with E-state index < -0.39 is 0 Å². The van der Waals surface area contributed by atoms with E-state index in [0.717, 1.165) is 15.9 Å². The first-order chi connectivity index (χ1) is 5.61. The van der Waals surface area contributed by atoms with Crippen LogP contribution in [0.4, 0.5) is 5.69 Å². The van der Waals surface area contributed by atoms with Gasteiger partial charge in [-0.05, 0) is 28.9 Å². The van der Waals surface area contributed by atoms with Crippen molar-refractivity contribution < 1.29 is 4.79 Å². The van der Waals surface area contributed by atoms with Crippen molar-refractivity contribution in [1.29, 1.82) is 0 Å². The zero-order chi connectivity index (χ0) is 9.14. The Labute approximate surface area is 79.3 Å². The lowest BCUT2D eigenvalue weighted by Gasteiger charge is -2.05. The van der Waals surface area contributed by atoms with Crippen LogP contribution < -0.4 is 5.32 Å². The lowest BCUT2D eigenvalue weighted by molar-refractivity contribution is -0.114. The summed E-state index contributed by atoms with van der Waals surface area (Å²) in [7, 11) is 0. The minimum atomic E-state index is -0.0821. The fourth-order valence-corrected chi connectivity index (χ4v) is 1.17. The Morgan fingerprint density at radius 2 is 2.33 bits per heavy atom. The van der Waals surface area contributed by atoms with Gasteiger partial charge >= 0.3 is 0 Å². The fraction of sp³-hybridized carbons (Fsp3) is 0.250. The molecule has 64 valence electrons. The highest BCUT2D eigenvalue weighted by atomic mass is 79.9. The van der Waals surface area contributed by atoms with Crippen LogP contribution in [-0.4, -0.2) is 10.9 Å². The molecule has 0 aliphatic carbocycles. The highest BCUT2D eigenvalue weighted by Gasteiger charge is 2.03. The van der Waals surface area contributed by atoms with E-state index >= 15 is 0 Å². The molecule has 0 aliphatic rings. The van der Waals surface area contributed by atoms with Gasteiger partial charge in [-0.2, -0.15) is 0 Å². The van der Waals surface area contributed by atoms with Crippen molar-refractivity contribution in [2.75, 3.05) is 5.32 Å². The number of aryl methyl sites for hydroxylation is 1. The molecule has 1 rings (SSSR count). The first-order valence-corrected chi connectivity index (χ1v) is 4.29. The SMILES string of the molecule is CC(=O)Nc1ccnc(C)c1Br. The van der Waals surface area contributed by atoms with Crippen LogP contribution in [0.1, 0.15) is 12.6 Å². The third kappa shape index (κ3) is 2.04. The first-order valence-electron chi connectivity index (χ1n) is 3.50. The monoisotopic (exact) mass is 228 g/mol. The molecule has 0 fully saturated rings. The summed E-state index contributed by atoms with van der Waals surface area (Å²) in [6, 6.07) is 1.75. The van der Waals surface area contributed by atoms with Crippen molar-refractivity contribution >= 4 is 27.5 Å². The molecule has 0 aliphatic heterocycles. The van der Waals surface area contributed by atoms with Crippen LogP contribution in [0, 0.1) is 6.92 Å². The van der Waals surface area contributed by atoms with Gasteiger partial charge in [-0.15, -0.1) is 0 Å². The maximum atomic E-state index is 10.7. The summed E-state index contributed by atoms with van der Waals surface area (Å²) in [4.78, 5) is 14.8. The van der Waals surface area contributed by atoms with E-state index in [1.54, 1.807) is 12.3 Å². The number of carbonyl (C=O) groups excluding carboxylic acids is 1. The molecule has 0 radical (unpaired) electrons. The van der Waals surface area contributed by atoms with Gasteiger partial charge in [0, 0.05) is 13.1 Å². The molecule has 0 atom stereocenters. The standard InChI is InChI=1S/C8H9BrN2O/c1-5-8(9)7(3-4-10-5)11-6(2)12/h3-4H,1-2H3,(H,10,11,12). The number of nitrogens with zero attached hydrogens (tertiary/aromatic N) is 1. The Kier molecular flexibility index (Phi) is 2.81. The van der Waals surface area contributed by atoms with Gasteiger partial charge < -0.3 is 5.32 Å². The predicted octanol–water partition coefficient (Wildman–Crippen LogP) is 2.11. The number of amides is 1. The third-order valence-corrected chi connectivity index (χ3v) is 2.38. The summed E-state index contributed by atoms with van der Waals surface area (Å²) >= 11 is 3.33. The molecule has 0 saturated heterocycles. The first kappa shape index (κ1) is 9.19. The lowest BCUT2D eigenvalue weighted by Crippen LogP contribution is -2.06. The second-order valence-electron chi connectivity index (χ2n) is 2.44. The van der Waals surface area contributed by atoms with Gasteiger partial charge in [-0.25, -0.2) is 0 Å². The van der Waals surface area contributed by atoms with E-state index in [-0.39, 0.29) is 5.91 Å². The molecule has 1 aromatic heterocycles. The van der Waals surface area contributed by atoms with Crippen LogP contribution in [0.3, 0.4) is 0 Å². The largest absolute Gasteiger partial charge is 0.325 e. The third-order valence-electron chi connectivity index (χ3n) is 1.37. The second kappa shape index (κ2) is 3.67. The number of rotatable bonds is 1. The van der Waals surface area contributed by atoms with Crippen LogP contribution in [0.5, 0.6) is 0 Å². The maximum absolute atomic E-state index is 10.7. The summed E-state index contributed by atoms with van der Waals surface area (Å²) < 4.78 is 0.834. The molecule has 1 aromatic rings. The van der Waals surface area contributed by atoms with Crippen LogP contribution in [0.15, 0.2) is 16.7 Å². The van der Waals surface area contributed by atoms with Gasteiger partial charge in [0.05, 0.1) is 15.9 Å². The molecule has 0 aromatic carbocycles. The van der Waals surface area contributed by atoms with Gasteiger partial charge in [0.1, 0.15) is 0 Å². The topological polar surface area (TPSA) is 42.0 Å². The Bertz CT molecular complexity index is 312. The highest BCUT2D eigenvalue weighted by molar-refractivity contribution is 9.10. The number of carbonyl (C=O) groups is 1. The summed E-state index contributed by atoms with van der Waals surface area (Å²) in [5.74, 6) is -0.0821. The number of aromatic nitrogens is 1. The minimum absolute atomic E-state index is 0.0821. The van der Waals surface area contributed by atoms with Gasteiger partial charge in [-0.3, -0.25) is 9.78 Å². The van der Waals surface area contributed by atoms with Gasteiger partial charge in [-0.1, -0.05) is 0 Å². The van der Waals surface area contributed by atoms with Crippen molar-refractivity contribution in [2.24, 2.45) is 0 Å². The van der Waals surface area contributed by atoms with Crippen molar-refractivity contribution in [2.45, 2.75) is 13.8 Å². The number of pyridine rings is 1. The zero-order valence-electron chi connectivity index (χ0n) is 6.89. The highest BCUT2D eigenvalue weighted by Crippen LogP contribution is 2.23. The summed E-state index contributed by atoms with van der Waals surface area (Å²) in [5, 5.41) is 2.69. The molecule has 0 bridgehead atoms. The molecule has 4 heteroatoms. The number of halogens is 1. The Morgan fingerprint density at radius 1 is 1.67 bits per heavy atom. The smallest absolute Gasteiger partial charge is 0.221 e. The Morgan fingerprint density at radius 3 is 2.92 bits per heavy atom. The number of hydrogen-bond acceptors (Lipinski definition) is 2. The number of nitrogens with one attached hydrogen (secondary N) is 1. The minimum Gasteiger partial charge on any atom is -0.325 e. The molecule has 3 nitrogen and oxygen atoms in total. The van der Waals surface area contributed by atoms with Crippen molar-refractivity contribution in [3.05, 3.63) is 22.4 Å². The van der Waals surface area contributed by atoms with Gasteiger partial charge in [0.2, 0.25) is 5.91 Å². The average molecular weight is 229 g/mol. The lowest BCUT2D eigenvalue weighted by atomic mass is 10.3. The molecule has 0 spiro atoms. The summed E-state index contributed by atoms with van der Waals surface area (Å²) in [6.07, 6.45) is 1.66. The quantitative estimate of drug-likeness (QED) is 0.801. The van der Waals surface area contributed by atoms with E-state index in [4.69, 9.17) is 0 Å². The van der Waals surface area contributed by atoms with E-state index in [1.807, 2.05) is 6.92 Å². The van der Waals surface area contributed by atoms with E-state index in [0.29, 0.717) is 0 Å². The van der Waals surface area contributed by atoms with Crippen LogP contribution >= 0.6 is 15.9 Å². The van der Waals surface area contributed by atoms with Crippen molar-refractivity contribution in [3.8, 4) is 0 Å². The zero-order valence-corrected chi connectivity index (χ0v) is 8.47. The normalized spacial score (nSPS) is 9.58. The van der Waals surface area contributed by atoms with E-state index in [1.165, 1.54) is 6.92 Å². The summed E-state index contributed by atoms with van der Waals surface area (Å²) in [6.45, 7) is 3.34. The maximum Gasteiger partial charge on any atom is 0.221 e. The fourth-order valence-electron chi connectivity index (χ4n) is 0.835. The molecular formula is C8H9BrN2O. The van der Waals surface area contributed by atoms with Crippen LogP contribution in [-0.2, 0) is 4.79 Å². The summed E-state index contributed by atoms with van der Waals surface area (Å²) in [5.41, 5.74) is 1.62. The van der Waals surface area contributed by atoms with E-state index in [2.05, 4.69) is 26.2 Å². The molecule has 1 amide bonds. The van der Waals surface area contributed by atoms with Gasteiger partial charge in [0.25, 0.3) is 0 Å². The van der Waals surface area contributed by atoms with Crippen molar-refractivity contribution in [3.63, 3.8) is 0 Å². The average Bonchev–Trinajstić information content (AvgIpc) is 1.98. The second-order valence-corrected chi connectivity index (χ2v) is 3.23. The number of hydrogen-bond donors (Lipinski definition) is 1. The predicted molar refractivity (Wildman–Crippen MR) is 51.0 cm³/mol. The molecular weight excluding hydrogens is 220 g/mol. The molecule has 1 N–H and O–H groups in total. The Hall–Kier alpha value is -0.900. The van der Waals surface area contributed by atoms with Crippen LogP contribution in [0.25, 0.3) is 0 Å². The van der Waals surface area contributed by atoms with Crippen molar-refractivity contribution in [1.82, 2.24) is 4.98 Å². The molecule has 0 unspecified atom stereocenters. The Balaban J connectivity index is 3.00. The molecule has 1 heterocycles. The van der Waals surface area contributed by atoms with E-state index in [9.17, 15) is 4.79 Å². The molecule has 0 saturated carbocycles. The number of anilines is 1. The van der Waals surface area contributed by atoms with Gasteiger partial charge in [0.15, 0.2) is 0 Å². The molecule has 12 heavy (non-hydrogen) atoms.